The fourth-order valence-electron chi connectivity index (χ4n) is 2.78. The third kappa shape index (κ3) is 6.18. The van der Waals surface area contributed by atoms with Gasteiger partial charge in [0, 0.05) is 11.4 Å². The Labute approximate surface area is 180 Å². The van der Waals surface area contributed by atoms with Gasteiger partial charge in [0.15, 0.2) is 0 Å². The maximum Gasteiger partial charge on any atom is 0.234 e. The first-order valence-electron chi connectivity index (χ1n) is 9.71. The summed E-state index contributed by atoms with van der Waals surface area (Å²) in [6.45, 7) is 6.28. The van der Waals surface area contributed by atoms with Gasteiger partial charge < -0.3 is 16.4 Å². The highest BCUT2D eigenvalue weighted by Gasteiger charge is 2.09. The van der Waals surface area contributed by atoms with Crippen LogP contribution in [0.3, 0.4) is 0 Å². The molecule has 0 radical (unpaired) electrons. The highest BCUT2D eigenvalue weighted by Crippen LogP contribution is 2.20. The molecule has 3 aromatic rings. The molecule has 1 amide bonds. The minimum atomic E-state index is -0.0717. The largest absolute Gasteiger partial charge is 0.368 e. The van der Waals surface area contributed by atoms with Gasteiger partial charge in [-0.2, -0.15) is 15.0 Å². The fraction of sp³-hybridized carbons (Fsp3) is 0.273. The number of nitrogens with zero attached hydrogens (tertiary/aromatic N) is 3. The summed E-state index contributed by atoms with van der Waals surface area (Å²) in [5.41, 5.74) is 9.84. The molecule has 0 bridgehead atoms. The summed E-state index contributed by atoms with van der Waals surface area (Å²) >= 11 is 1.42. The Morgan fingerprint density at radius 1 is 1.07 bits per heavy atom. The number of nitrogens with one attached hydrogen (secondary N) is 2. The second-order valence-corrected chi connectivity index (χ2v) is 8.18. The molecule has 0 spiro atoms. The maximum atomic E-state index is 12.2. The number of aryl methyl sites for hydroxylation is 1. The van der Waals surface area contributed by atoms with Crippen molar-refractivity contribution >= 4 is 40.9 Å². The Morgan fingerprint density at radius 3 is 2.50 bits per heavy atom. The molecule has 0 aliphatic heterocycles. The van der Waals surface area contributed by atoms with Crippen molar-refractivity contribution in [1.29, 1.82) is 0 Å². The number of nitrogen functional groups attached to an aromatic ring is 1. The van der Waals surface area contributed by atoms with Gasteiger partial charge in [0.1, 0.15) is 5.82 Å². The first-order chi connectivity index (χ1) is 14.4. The smallest absolute Gasteiger partial charge is 0.234 e. The number of aromatic nitrogens is 3. The molecule has 0 unspecified atom stereocenters. The van der Waals surface area contributed by atoms with Gasteiger partial charge in [-0.1, -0.05) is 44.2 Å². The predicted octanol–water partition coefficient (Wildman–Crippen LogP) is 4.50. The molecule has 0 saturated carbocycles. The van der Waals surface area contributed by atoms with Gasteiger partial charge in [0.05, 0.1) is 11.5 Å². The van der Waals surface area contributed by atoms with Crippen LogP contribution in [0.25, 0.3) is 0 Å². The molecular weight excluding hydrogens is 396 g/mol. The maximum absolute atomic E-state index is 12.2. The van der Waals surface area contributed by atoms with Crippen molar-refractivity contribution in [3.05, 3.63) is 65.5 Å². The van der Waals surface area contributed by atoms with E-state index in [-0.39, 0.29) is 17.6 Å². The molecule has 2 aromatic carbocycles. The first-order valence-corrected chi connectivity index (χ1v) is 10.9. The lowest BCUT2D eigenvalue weighted by Crippen LogP contribution is -2.14. The van der Waals surface area contributed by atoms with E-state index in [1.165, 1.54) is 17.3 Å². The fourth-order valence-corrected chi connectivity index (χ4v) is 3.45. The molecular formula is C22H26N6OS. The summed E-state index contributed by atoms with van der Waals surface area (Å²) in [5, 5.41) is 6.07. The molecule has 7 nitrogen and oxygen atoms in total. The van der Waals surface area contributed by atoms with Gasteiger partial charge in [0.25, 0.3) is 0 Å². The lowest BCUT2D eigenvalue weighted by Gasteiger charge is -2.10. The second-order valence-electron chi connectivity index (χ2n) is 7.19. The minimum Gasteiger partial charge on any atom is -0.368 e. The van der Waals surface area contributed by atoms with Crippen LogP contribution in [0.4, 0.5) is 23.3 Å². The number of anilines is 4. The zero-order valence-corrected chi connectivity index (χ0v) is 18.2. The van der Waals surface area contributed by atoms with Crippen molar-refractivity contribution in [1.82, 2.24) is 15.0 Å². The lowest BCUT2D eigenvalue weighted by molar-refractivity contribution is -0.113. The number of hydrogen-bond donors (Lipinski definition) is 3. The van der Waals surface area contributed by atoms with Gasteiger partial charge in [0.2, 0.25) is 17.8 Å². The van der Waals surface area contributed by atoms with E-state index in [1.807, 2.05) is 55.5 Å². The monoisotopic (exact) mass is 422 g/mol. The zero-order valence-electron chi connectivity index (χ0n) is 17.3. The van der Waals surface area contributed by atoms with E-state index in [9.17, 15) is 4.79 Å². The van der Waals surface area contributed by atoms with Crippen LogP contribution in [-0.4, -0.2) is 26.6 Å². The molecule has 30 heavy (non-hydrogen) atoms. The normalized spacial score (nSPS) is 10.8. The lowest BCUT2D eigenvalue weighted by atomic mass is 10.0. The van der Waals surface area contributed by atoms with Gasteiger partial charge in [-0.25, -0.2) is 0 Å². The Balaban J connectivity index is 1.53. The molecule has 0 atom stereocenters. The van der Waals surface area contributed by atoms with Gasteiger partial charge in [-0.15, -0.1) is 11.8 Å². The van der Waals surface area contributed by atoms with Gasteiger partial charge in [-0.05, 0) is 42.2 Å². The van der Waals surface area contributed by atoms with E-state index in [0.29, 0.717) is 23.4 Å². The van der Waals surface area contributed by atoms with Crippen LogP contribution in [0.1, 0.15) is 36.7 Å². The first kappa shape index (κ1) is 21.6. The molecule has 0 aliphatic rings. The third-order valence-corrected chi connectivity index (χ3v) is 5.34. The Kier molecular flexibility index (Phi) is 7.24. The molecule has 1 heterocycles. The zero-order chi connectivity index (χ0) is 21.5. The second kappa shape index (κ2) is 10.1. The van der Waals surface area contributed by atoms with Crippen LogP contribution in [0, 0.1) is 6.92 Å². The molecule has 156 valence electrons. The summed E-state index contributed by atoms with van der Waals surface area (Å²) in [7, 11) is 0. The summed E-state index contributed by atoms with van der Waals surface area (Å²) < 4.78 is 0. The van der Waals surface area contributed by atoms with E-state index >= 15 is 0 Å². The summed E-state index contributed by atoms with van der Waals surface area (Å²) in [6.07, 6.45) is 0. The van der Waals surface area contributed by atoms with Crippen molar-refractivity contribution < 1.29 is 4.79 Å². The molecule has 1 aromatic heterocycles. The van der Waals surface area contributed by atoms with E-state index in [4.69, 9.17) is 5.73 Å². The standard InChI is InChI=1S/C22H26N6OS/c1-14(2)16-8-10-17(11-9-16)24-20(29)13-30-12-19-26-21(23)28-22(27-19)25-18-7-5-4-6-15(18)3/h4-11,14H,12-13H2,1-3H3,(H,24,29)(H3,23,25,26,27,28). The van der Waals surface area contributed by atoms with Gasteiger partial charge in [-0.3, -0.25) is 4.79 Å². The highest BCUT2D eigenvalue weighted by molar-refractivity contribution is 7.99. The van der Waals surface area contributed by atoms with Crippen molar-refractivity contribution in [3.63, 3.8) is 0 Å². The molecule has 3 rings (SSSR count). The van der Waals surface area contributed by atoms with E-state index < -0.39 is 0 Å². The summed E-state index contributed by atoms with van der Waals surface area (Å²) in [4.78, 5) is 24.9. The molecule has 4 N–H and O–H groups in total. The predicted molar refractivity (Wildman–Crippen MR) is 124 cm³/mol. The average molecular weight is 423 g/mol. The number of benzene rings is 2. The Morgan fingerprint density at radius 2 is 1.80 bits per heavy atom. The molecule has 0 fully saturated rings. The third-order valence-electron chi connectivity index (χ3n) is 4.42. The Bertz CT molecular complexity index is 1010. The van der Waals surface area contributed by atoms with Crippen LogP contribution >= 0.6 is 11.8 Å². The summed E-state index contributed by atoms with van der Waals surface area (Å²) in [6, 6.07) is 15.8. The van der Waals surface area contributed by atoms with E-state index in [1.54, 1.807) is 0 Å². The topological polar surface area (TPSA) is 106 Å². The average Bonchev–Trinajstić information content (AvgIpc) is 2.70. The molecule has 8 heteroatoms. The minimum absolute atomic E-state index is 0.0717. The number of carbonyl (C=O) groups excluding carboxylic acids is 1. The van der Waals surface area contributed by atoms with E-state index in [2.05, 4.69) is 39.4 Å². The van der Waals surface area contributed by atoms with Crippen LogP contribution < -0.4 is 16.4 Å². The number of amides is 1. The molecule has 0 saturated heterocycles. The molecule has 0 aliphatic carbocycles. The number of hydrogen-bond acceptors (Lipinski definition) is 7. The van der Waals surface area contributed by atoms with Crippen molar-refractivity contribution in [3.8, 4) is 0 Å². The number of thioether (sulfide) groups is 1. The quantitative estimate of drug-likeness (QED) is 0.491. The number of carbonyl (C=O) groups is 1. The van der Waals surface area contributed by atoms with Gasteiger partial charge >= 0.3 is 0 Å². The van der Waals surface area contributed by atoms with E-state index in [0.717, 1.165) is 16.9 Å². The van der Waals surface area contributed by atoms with Crippen LogP contribution in [-0.2, 0) is 10.5 Å². The van der Waals surface area contributed by atoms with Crippen molar-refractivity contribution in [2.24, 2.45) is 0 Å². The number of nitrogens with two attached hydrogens (primary N) is 1. The Hall–Kier alpha value is -3.13. The number of para-hydroxylation sites is 1. The number of rotatable bonds is 8. The van der Waals surface area contributed by atoms with Crippen LogP contribution in [0.5, 0.6) is 0 Å². The SMILES string of the molecule is Cc1ccccc1Nc1nc(N)nc(CSCC(=O)Nc2ccc(C(C)C)cc2)n1. The summed E-state index contributed by atoms with van der Waals surface area (Å²) in [5.74, 6) is 2.19. The van der Waals surface area contributed by atoms with Crippen LogP contribution in [0.2, 0.25) is 0 Å². The van der Waals surface area contributed by atoms with Crippen LogP contribution in [0.15, 0.2) is 48.5 Å². The van der Waals surface area contributed by atoms with Crippen molar-refractivity contribution in [2.45, 2.75) is 32.4 Å². The highest BCUT2D eigenvalue weighted by atomic mass is 32.2. The van der Waals surface area contributed by atoms with Crippen molar-refractivity contribution in [2.75, 3.05) is 22.1 Å².